The molecule has 0 fully saturated rings. The van der Waals surface area contributed by atoms with E-state index in [1.54, 1.807) is 28.2 Å². The van der Waals surface area contributed by atoms with Crippen LogP contribution in [0, 0.1) is 0 Å². The maximum atomic E-state index is 3.92. The molecule has 0 aliphatic carbocycles. The first-order chi connectivity index (χ1) is 7.61. The lowest BCUT2D eigenvalue weighted by Crippen LogP contribution is -2.00. The number of rotatable bonds is 2. The van der Waals surface area contributed by atoms with Gasteiger partial charge in [-0.3, -0.25) is 9.36 Å². The van der Waals surface area contributed by atoms with Gasteiger partial charge in [0.1, 0.15) is 12.7 Å². The van der Waals surface area contributed by atoms with Gasteiger partial charge in [0.2, 0.25) is 0 Å². The summed E-state index contributed by atoms with van der Waals surface area (Å²) in [6.07, 6.45) is 6.79. The van der Waals surface area contributed by atoms with E-state index in [2.05, 4.69) is 48.1 Å². The van der Waals surface area contributed by atoms with Crippen LogP contribution in [0.1, 0.15) is 39.8 Å². The third-order valence-electron chi connectivity index (χ3n) is 1.94. The van der Waals surface area contributed by atoms with Gasteiger partial charge in [-0.2, -0.15) is 5.10 Å². The fourth-order valence-corrected chi connectivity index (χ4v) is 0.977. The lowest BCUT2D eigenvalue weighted by atomic mass is 10.4. The minimum atomic E-state index is 0.428. The molecular weight excluding hydrogens is 204 g/mol. The molecule has 2 heterocycles. The van der Waals surface area contributed by atoms with E-state index in [1.807, 2.05) is 6.20 Å². The first-order valence-electron chi connectivity index (χ1n) is 5.31. The van der Waals surface area contributed by atoms with Gasteiger partial charge in [0.25, 0.3) is 0 Å². The summed E-state index contributed by atoms with van der Waals surface area (Å²) in [6.45, 7) is 8.26. The van der Waals surface area contributed by atoms with Crippen molar-refractivity contribution in [3.05, 3.63) is 25.0 Å². The molecule has 0 unspecified atom stereocenters. The Bertz CT molecular complexity index is 324. The van der Waals surface area contributed by atoms with Crippen LogP contribution in [0.4, 0.5) is 0 Å². The van der Waals surface area contributed by atoms with Crippen molar-refractivity contribution >= 4 is 0 Å². The fraction of sp³-hybridized carbons (Fsp3) is 0.600. The molecule has 0 radical (unpaired) electrons. The Kier molecular flexibility index (Phi) is 4.63. The van der Waals surface area contributed by atoms with Gasteiger partial charge in [0, 0.05) is 18.3 Å². The first kappa shape index (κ1) is 12.4. The average Bonchev–Trinajstić information content (AvgIpc) is 2.93. The Morgan fingerprint density at radius 3 is 1.94 bits per heavy atom. The van der Waals surface area contributed by atoms with Crippen LogP contribution in [-0.4, -0.2) is 29.8 Å². The maximum absolute atomic E-state index is 3.92. The molecule has 88 valence electrons. The van der Waals surface area contributed by atoms with Crippen molar-refractivity contribution in [1.29, 1.82) is 0 Å². The van der Waals surface area contributed by atoms with E-state index < -0.39 is 0 Å². The molecule has 0 aliphatic rings. The van der Waals surface area contributed by atoms with Crippen LogP contribution in [-0.2, 0) is 0 Å². The highest BCUT2D eigenvalue weighted by atomic mass is 15.4. The van der Waals surface area contributed by atoms with Crippen LogP contribution in [0.3, 0.4) is 0 Å². The lowest BCUT2D eigenvalue weighted by molar-refractivity contribution is 0.514. The zero-order valence-corrected chi connectivity index (χ0v) is 10.1. The average molecular weight is 222 g/mol. The molecule has 0 aliphatic heterocycles. The molecule has 0 spiro atoms. The highest BCUT2D eigenvalue weighted by Crippen LogP contribution is 1.97. The summed E-state index contributed by atoms with van der Waals surface area (Å²) in [7, 11) is 0. The van der Waals surface area contributed by atoms with E-state index in [0.29, 0.717) is 12.1 Å². The Labute approximate surface area is 95.3 Å². The summed E-state index contributed by atoms with van der Waals surface area (Å²) < 4.78 is 3.61. The lowest BCUT2D eigenvalue weighted by Gasteiger charge is -2.00. The number of aromatic nitrogens is 6. The van der Waals surface area contributed by atoms with E-state index in [4.69, 9.17) is 0 Å². The molecule has 6 heteroatoms. The normalized spacial score (nSPS) is 10.4. The standard InChI is InChI=1S/2C5H9N3/c1-5(2)8-4-6-3-7-8;1-5(2)8-4-3-6-7-8/h2*3-5H,1-2H3. The van der Waals surface area contributed by atoms with Gasteiger partial charge in [-0.05, 0) is 27.7 Å². The molecule has 0 saturated heterocycles. The molecule has 6 nitrogen and oxygen atoms in total. The highest BCUT2D eigenvalue weighted by Gasteiger charge is 1.93. The monoisotopic (exact) mass is 222 g/mol. The van der Waals surface area contributed by atoms with E-state index >= 15 is 0 Å². The van der Waals surface area contributed by atoms with Crippen molar-refractivity contribution in [3.63, 3.8) is 0 Å². The third-order valence-corrected chi connectivity index (χ3v) is 1.94. The molecule has 0 saturated carbocycles. The summed E-state index contributed by atoms with van der Waals surface area (Å²) in [6, 6.07) is 0.856. The van der Waals surface area contributed by atoms with Crippen LogP contribution in [0.15, 0.2) is 25.0 Å². The SMILES string of the molecule is CC(C)n1ccnn1.CC(C)n1cncn1. The molecular formula is C10H18N6. The van der Waals surface area contributed by atoms with Crippen molar-refractivity contribution in [2.75, 3.05) is 0 Å². The van der Waals surface area contributed by atoms with E-state index in [1.165, 1.54) is 0 Å². The minimum Gasteiger partial charge on any atom is -0.250 e. The van der Waals surface area contributed by atoms with Crippen LogP contribution >= 0.6 is 0 Å². The fourth-order valence-electron chi connectivity index (χ4n) is 0.977. The molecule has 16 heavy (non-hydrogen) atoms. The van der Waals surface area contributed by atoms with Gasteiger partial charge in [0.05, 0.1) is 6.20 Å². The number of nitrogens with zero attached hydrogens (tertiary/aromatic N) is 6. The summed E-state index contributed by atoms with van der Waals surface area (Å²) in [4.78, 5) is 3.80. The molecule has 0 atom stereocenters. The quantitative estimate of drug-likeness (QED) is 0.776. The van der Waals surface area contributed by atoms with E-state index in [0.717, 1.165) is 0 Å². The van der Waals surface area contributed by atoms with Gasteiger partial charge in [-0.25, -0.2) is 4.98 Å². The second-order valence-electron chi connectivity index (χ2n) is 3.95. The molecule has 0 bridgehead atoms. The minimum absolute atomic E-state index is 0.428. The Balaban J connectivity index is 0.000000160. The zero-order chi connectivity index (χ0) is 12.0. The molecule has 2 aromatic rings. The Morgan fingerprint density at radius 1 is 1.00 bits per heavy atom. The number of hydrogen-bond acceptors (Lipinski definition) is 4. The van der Waals surface area contributed by atoms with Crippen LogP contribution < -0.4 is 0 Å². The Hall–Kier alpha value is -1.72. The van der Waals surface area contributed by atoms with E-state index in [9.17, 15) is 0 Å². The summed E-state index contributed by atoms with van der Waals surface area (Å²) in [5, 5.41) is 11.4. The second kappa shape index (κ2) is 5.99. The van der Waals surface area contributed by atoms with Gasteiger partial charge < -0.3 is 0 Å². The largest absolute Gasteiger partial charge is 0.250 e. The van der Waals surface area contributed by atoms with Crippen LogP contribution in [0.25, 0.3) is 0 Å². The van der Waals surface area contributed by atoms with Crippen molar-refractivity contribution < 1.29 is 0 Å². The van der Waals surface area contributed by atoms with Crippen molar-refractivity contribution in [2.45, 2.75) is 39.8 Å². The molecule has 0 amide bonds. The third kappa shape index (κ3) is 3.80. The van der Waals surface area contributed by atoms with E-state index in [-0.39, 0.29) is 0 Å². The first-order valence-corrected chi connectivity index (χ1v) is 5.31. The van der Waals surface area contributed by atoms with Gasteiger partial charge in [-0.1, -0.05) is 5.21 Å². The summed E-state index contributed by atoms with van der Waals surface area (Å²) in [5.74, 6) is 0. The maximum Gasteiger partial charge on any atom is 0.137 e. The molecule has 2 rings (SSSR count). The van der Waals surface area contributed by atoms with Gasteiger partial charge in [0.15, 0.2) is 0 Å². The van der Waals surface area contributed by atoms with Crippen molar-refractivity contribution in [3.8, 4) is 0 Å². The summed E-state index contributed by atoms with van der Waals surface area (Å²) in [5.41, 5.74) is 0. The molecule has 0 aromatic carbocycles. The van der Waals surface area contributed by atoms with Crippen LogP contribution in [0.2, 0.25) is 0 Å². The van der Waals surface area contributed by atoms with Crippen molar-refractivity contribution in [2.24, 2.45) is 0 Å². The molecule has 0 N–H and O–H groups in total. The molecule has 2 aromatic heterocycles. The Morgan fingerprint density at radius 2 is 1.69 bits per heavy atom. The highest BCUT2D eigenvalue weighted by molar-refractivity contribution is 4.66. The summed E-state index contributed by atoms with van der Waals surface area (Å²) >= 11 is 0. The van der Waals surface area contributed by atoms with Gasteiger partial charge in [-0.15, -0.1) is 5.10 Å². The topological polar surface area (TPSA) is 61.4 Å². The van der Waals surface area contributed by atoms with Gasteiger partial charge >= 0.3 is 0 Å². The second-order valence-corrected chi connectivity index (χ2v) is 3.95. The predicted molar refractivity (Wildman–Crippen MR) is 60.8 cm³/mol. The smallest absolute Gasteiger partial charge is 0.137 e. The number of hydrogen-bond donors (Lipinski definition) is 0. The van der Waals surface area contributed by atoms with Crippen molar-refractivity contribution in [1.82, 2.24) is 29.8 Å². The zero-order valence-electron chi connectivity index (χ0n) is 10.1. The van der Waals surface area contributed by atoms with Crippen LogP contribution in [0.5, 0.6) is 0 Å². The predicted octanol–water partition coefficient (Wildman–Crippen LogP) is 1.72.